The summed E-state index contributed by atoms with van der Waals surface area (Å²) in [5, 5.41) is 14.6. The Hall–Kier alpha value is -3.62. The molecule has 3 aliphatic heterocycles. The first-order valence-corrected chi connectivity index (χ1v) is 12.0. The van der Waals surface area contributed by atoms with Gasteiger partial charge in [-0.3, -0.25) is 4.79 Å². The Morgan fingerprint density at radius 1 is 1.00 bits per heavy atom. The van der Waals surface area contributed by atoms with Crippen molar-refractivity contribution in [2.75, 3.05) is 31.5 Å². The minimum atomic E-state index is -1.84. The quantitative estimate of drug-likeness (QED) is 0.438. The van der Waals surface area contributed by atoms with Crippen molar-refractivity contribution in [2.45, 2.75) is 24.5 Å². The lowest BCUT2D eigenvalue weighted by Crippen LogP contribution is -2.66. The summed E-state index contributed by atoms with van der Waals surface area (Å²) in [5.41, 5.74) is 1.53. The molecule has 1 unspecified atom stereocenters. The number of aromatic nitrogens is 2. The van der Waals surface area contributed by atoms with E-state index < -0.39 is 11.6 Å². The number of rotatable bonds is 5. The van der Waals surface area contributed by atoms with Crippen LogP contribution in [-0.4, -0.2) is 63.7 Å². The Bertz CT molecular complexity index is 1240. The van der Waals surface area contributed by atoms with Gasteiger partial charge in [-0.25, -0.2) is 14.8 Å². The number of fused-ring (bicyclic) bond motifs is 6. The van der Waals surface area contributed by atoms with E-state index in [1.165, 1.54) is 6.33 Å². The number of piperidine rings is 3. The Kier molecular flexibility index (Phi) is 5.16. The van der Waals surface area contributed by atoms with Crippen molar-refractivity contribution in [1.29, 1.82) is 0 Å². The van der Waals surface area contributed by atoms with Crippen LogP contribution in [0.5, 0.6) is 0 Å². The maximum Gasteiger partial charge on any atom is 0.348 e. The highest BCUT2D eigenvalue weighted by Crippen LogP contribution is 2.48. The van der Waals surface area contributed by atoms with E-state index >= 15 is 0 Å². The van der Waals surface area contributed by atoms with Gasteiger partial charge in [-0.1, -0.05) is 48.5 Å². The van der Waals surface area contributed by atoms with E-state index in [4.69, 9.17) is 4.74 Å². The zero-order valence-corrected chi connectivity index (χ0v) is 19.3. The van der Waals surface area contributed by atoms with Crippen molar-refractivity contribution in [2.24, 2.45) is 5.92 Å². The molecule has 0 radical (unpaired) electrons. The summed E-state index contributed by atoms with van der Waals surface area (Å²) < 4.78 is 6.66. The summed E-state index contributed by atoms with van der Waals surface area (Å²) >= 11 is 0. The molecule has 1 aromatic heterocycles. The van der Waals surface area contributed by atoms with E-state index in [0.717, 1.165) is 37.1 Å². The third-order valence-electron chi connectivity index (χ3n) is 7.84. The van der Waals surface area contributed by atoms with E-state index in [9.17, 15) is 14.7 Å². The van der Waals surface area contributed by atoms with Gasteiger partial charge in [0.05, 0.1) is 31.2 Å². The first-order chi connectivity index (χ1) is 17.0. The number of nitrogens with one attached hydrogen (secondary N) is 1. The molecule has 0 saturated carbocycles. The Morgan fingerprint density at radius 2 is 1.60 bits per heavy atom. The molecule has 2 N–H and O–H groups in total. The number of carbonyl (C=O) groups is 2. The van der Waals surface area contributed by atoms with Crippen molar-refractivity contribution < 1.29 is 23.9 Å². The van der Waals surface area contributed by atoms with Gasteiger partial charge in [0.15, 0.2) is 12.6 Å². The van der Waals surface area contributed by atoms with Crippen molar-refractivity contribution in [3.8, 4) is 11.1 Å². The van der Waals surface area contributed by atoms with Crippen molar-refractivity contribution in [1.82, 2.24) is 9.97 Å². The van der Waals surface area contributed by atoms with Crippen molar-refractivity contribution >= 4 is 17.6 Å². The third-order valence-corrected chi connectivity index (χ3v) is 7.84. The Balaban J connectivity index is 1.22. The third kappa shape index (κ3) is 3.61. The lowest BCUT2D eigenvalue weighted by Gasteiger charge is -2.51. The second-order valence-electron chi connectivity index (χ2n) is 9.89. The Morgan fingerprint density at radius 3 is 2.23 bits per heavy atom. The van der Waals surface area contributed by atoms with Crippen LogP contribution < -0.4 is 5.32 Å². The molecule has 1 aliphatic carbocycles. The number of quaternary nitrogens is 1. The molecule has 2 bridgehead atoms. The van der Waals surface area contributed by atoms with Crippen LogP contribution in [0.1, 0.15) is 24.0 Å². The van der Waals surface area contributed by atoms with Crippen molar-refractivity contribution in [3.05, 3.63) is 78.4 Å². The summed E-state index contributed by atoms with van der Waals surface area (Å²) in [6.45, 7) is 2.60. The molecule has 4 heterocycles. The molecule has 1 atom stereocenters. The Labute approximate surface area is 203 Å². The topological polar surface area (TPSA) is 101 Å². The molecule has 1 amide bonds. The monoisotopic (exact) mass is 471 g/mol. The van der Waals surface area contributed by atoms with E-state index in [1.54, 1.807) is 24.5 Å². The van der Waals surface area contributed by atoms with Crippen LogP contribution in [0.15, 0.2) is 67.3 Å². The molecule has 2 aromatic carbocycles. The van der Waals surface area contributed by atoms with E-state index in [0.29, 0.717) is 34.4 Å². The number of benzene rings is 2. The fourth-order valence-electron chi connectivity index (χ4n) is 6.10. The predicted molar refractivity (Wildman–Crippen MR) is 128 cm³/mol. The van der Waals surface area contributed by atoms with E-state index in [-0.39, 0.29) is 17.9 Å². The SMILES string of the molecule is O=C(C[N+]12CCC(CC1)C(OC(=O)C1(O)c3ccccc3-c3ccccc31)C2)Nc1cncnc1. The number of esters is 1. The van der Waals surface area contributed by atoms with E-state index in [1.807, 2.05) is 36.4 Å². The van der Waals surface area contributed by atoms with Gasteiger partial charge in [0.2, 0.25) is 5.60 Å². The first kappa shape index (κ1) is 21.9. The molecule has 4 aliphatic rings. The molecule has 178 valence electrons. The molecule has 8 heteroatoms. The minimum Gasteiger partial charge on any atom is -0.453 e. The predicted octanol–water partition coefficient (Wildman–Crippen LogP) is 2.48. The van der Waals surface area contributed by atoms with Crippen LogP contribution >= 0.6 is 0 Å². The maximum atomic E-state index is 13.6. The van der Waals surface area contributed by atoms with Crippen LogP contribution in [0.2, 0.25) is 0 Å². The van der Waals surface area contributed by atoms with Crippen LogP contribution in [0.4, 0.5) is 5.69 Å². The summed E-state index contributed by atoms with van der Waals surface area (Å²) in [6, 6.07) is 14.9. The number of anilines is 1. The zero-order chi connectivity index (χ0) is 24.0. The van der Waals surface area contributed by atoms with Crippen LogP contribution in [0.25, 0.3) is 11.1 Å². The zero-order valence-electron chi connectivity index (χ0n) is 19.3. The molecular formula is C27H27N4O4+. The van der Waals surface area contributed by atoms with Crippen LogP contribution in [0, 0.1) is 5.92 Å². The number of amides is 1. The van der Waals surface area contributed by atoms with Gasteiger partial charge in [0.1, 0.15) is 12.9 Å². The molecule has 3 fully saturated rings. The fraction of sp³-hybridized carbons (Fsp3) is 0.333. The van der Waals surface area contributed by atoms with E-state index in [2.05, 4.69) is 15.3 Å². The van der Waals surface area contributed by atoms with Crippen LogP contribution in [0.3, 0.4) is 0 Å². The standard InChI is InChI=1S/C27H26N4O4/c32-25(30-19-13-28-17-29-14-19)16-31-11-9-18(10-12-31)24(15-31)35-26(33)27(34)22-7-3-1-5-20(22)21-6-2-4-8-23(21)27/h1-8,13-14,17-18,24,34H,9-12,15-16H2/p+1. The van der Waals surface area contributed by atoms with Crippen LogP contribution in [-0.2, 0) is 19.9 Å². The second kappa shape index (κ2) is 8.25. The highest BCUT2D eigenvalue weighted by molar-refractivity contribution is 5.96. The lowest BCUT2D eigenvalue weighted by molar-refractivity contribution is -0.939. The highest BCUT2D eigenvalue weighted by atomic mass is 16.6. The molecule has 7 rings (SSSR count). The molecule has 3 saturated heterocycles. The smallest absolute Gasteiger partial charge is 0.348 e. The normalized spacial score (nSPS) is 25.4. The number of carbonyl (C=O) groups excluding carboxylic acids is 2. The minimum absolute atomic E-state index is 0.109. The summed E-state index contributed by atoms with van der Waals surface area (Å²) in [5.74, 6) is -0.514. The van der Waals surface area contributed by atoms with Gasteiger partial charge in [-0.2, -0.15) is 0 Å². The second-order valence-corrected chi connectivity index (χ2v) is 9.89. The molecule has 8 nitrogen and oxygen atoms in total. The number of nitrogens with zero attached hydrogens (tertiary/aromatic N) is 3. The summed E-state index contributed by atoms with van der Waals surface area (Å²) in [7, 11) is 0. The van der Waals surface area contributed by atoms with Gasteiger partial charge < -0.3 is 19.6 Å². The molecule has 35 heavy (non-hydrogen) atoms. The van der Waals surface area contributed by atoms with Gasteiger partial charge in [0.25, 0.3) is 5.91 Å². The largest absolute Gasteiger partial charge is 0.453 e. The number of hydrogen-bond acceptors (Lipinski definition) is 6. The summed E-state index contributed by atoms with van der Waals surface area (Å²) in [4.78, 5) is 34.3. The molecule has 3 aromatic rings. The lowest BCUT2D eigenvalue weighted by atomic mass is 9.82. The van der Waals surface area contributed by atoms with Gasteiger partial charge in [-0.15, -0.1) is 0 Å². The maximum absolute atomic E-state index is 13.6. The average molecular weight is 472 g/mol. The van der Waals surface area contributed by atoms with Gasteiger partial charge in [-0.05, 0) is 11.1 Å². The molecular weight excluding hydrogens is 444 g/mol. The van der Waals surface area contributed by atoms with Gasteiger partial charge in [0, 0.05) is 29.9 Å². The number of hydrogen-bond donors (Lipinski definition) is 2. The van der Waals surface area contributed by atoms with Crippen molar-refractivity contribution in [3.63, 3.8) is 0 Å². The average Bonchev–Trinajstić information content (AvgIpc) is 3.15. The first-order valence-electron chi connectivity index (χ1n) is 12.0. The molecule has 0 spiro atoms. The summed E-state index contributed by atoms with van der Waals surface area (Å²) in [6.07, 6.45) is 5.96. The number of aliphatic hydroxyl groups is 1. The number of ether oxygens (including phenoxy) is 1. The highest BCUT2D eigenvalue weighted by Gasteiger charge is 2.53. The van der Waals surface area contributed by atoms with Gasteiger partial charge >= 0.3 is 5.97 Å². The fourth-order valence-corrected chi connectivity index (χ4v) is 6.10.